The van der Waals surface area contributed by atoms with Gasteiger partial charge in [-0.05, 0) is 36.3 Å². The molecule has 0 aliphatic carbocycles. The van der Waals surface area contributed by atoms with Crippen LogP contribution in [-0.2, 0) is 4.79 Å². The van der Waals surface area contributed by atoms with Gasteiger partial charge in [-0.2, -0.15) is 0 Å². The van der Waals surface area contributed by atoms with E-state index in [4.69, 9.17) is 9.97 Å². The average Bonchev–Trinajstić information content (AvgIpc) is 3.20. The molecule has 1 amide bonds. The largest absolute Gasteiger partial charge is 0.342 e. The maximum Gasteiger partial charge on any atom is 0.232 e. The lowest BCUT2D eigenvalue weighted by molar-refractivity contribution is -0.130. The summed E-state index contributed by atoms with van der Waals surface area (Å²) in [6.45, 7) is 3.98. The summed E-state index contributed by atoms with van der Waals surface area (Å²) < 4.78 is 0. The van der Waals surface area contributed by atoms with Crippen molar-refractivity contribution in [1.82, 2.24) is 14.9 Å². The lowest BCUT2D eigenvalue weighted by atomic mass is 10.0. The Morgan fingerprint density at radius 1 is 1.27 bits per heavy atom. The van der Waals surface area contributed by atoms with Crippen LogP contribution in [0.5, 0.6) is 0 Å². The molecule has 0 saturated carbocycles. The lowest BCUT2D eigenvalue weighted by Crippen LogP contribution is -2.40. The summed E-state index contributed by atoms with van der Waals surface area (Å²) in [6, 6.07) is 12.1. The van der Waals surface area contributed by atoms with Gasteiger partial charge in [0.1, 0.15) is 5.03 Å². The predicted octanol–water partition coefficient (Wildman–Crippen LogP) is 4.71. The number of piperidine rings is 1. The number of amides is 1. The third kappa shape index (κ3) is 3.76. The molecule has 1 aromatic carbocycles. The first kappa shape index (κ1) is 17.5. The summed E-state index contributed by atoms with van der Waals surface area (Å²) in [5.74, 6) is 1.97. The molecule has 0 bridgehead atoms. The van der Waals surface area contributed by atoms with Gasteiger partial charge in [-0.3, -0.25) is 4.79 Å². The highest BCUT2D eigenvalue weighted by Gasteiger charge is 2.21. The number of likely N-dealkylation sites (tertiary alicyclic amines) is 1. The molecular weight excluding hydrogens is 362 g/mol. The number of rotatable bonds is 4. The number of para-hydroxylation sites is 1. The van der Waals surface area contributed by atoms with Gasteiger partial charge in [0.2, 0.25) is 5.91 Å². The zero-order valence-corrected chi connectivity index (χ0v) is 16.4. The molecule has 1 aliphatic rings. The molecule has 0 unspecified atom stereocenters. The van der Waals surface area contributed by atoms with Crippen LogP contribution in [0.25, 0.3) is 21.6 Å². The Bertz CT molecular complexity index is 911. The molecule has 2 aromatic heterocycles. The molecule has 1 aliphatic heterocycles. The van der Waals surface area contributed by atoms with Gasteiger partial charge in [0.25, 0.3) is 0 Å². The molecule has 26 heavy (non-hydrogen) atoms. The SMILES string of the molecule is C[C@@H]1CCCN(C(=O)CSc2nc(-c3cccs3)nc3ccccc23)C1. The van der Waals surface area contributed by atoms with Gasteiger partial charge >= 0.3 is 0 Å². The number of fused-ring (bicyclic) bond motifs is 1. The van der Waals surface area contributed by atoms with E-state index in [2.05, 4.69) is 6.92 Å². The van der Waals surface area contributed by atoms with Gasteiger partial charge in [-0.15, -0.1) is 11.3 Å². The first-order valence-corrected chi connectivity index (χ1v) is 10.8. The second kappa shape index (κ2) is 7.76. The number of nitrogens with zero attached hydrogens (tertiary/aromatic N) is 3. The van der Waals surface area contributed by atoms with Crippen molar-refractivity contribution in [2.24, 2.45) is 5.92 Å². The van der Waals surface area contributed by atoms with E-state index < -0.39 is 0 Å². The Morgan fingerprint density at radius 2 is 2.15 bits per heavy atom. The van der Waals surface area contributed by atoms with Crippen molar-refractivity contribution in [2.45, 2.75) is 24.8 Å². The van der Waals surface area contributed by atoms with Crippen LogP contribution in [0.15, 0.2) is 46.8 Å². The minimum absolute atomic E-state index is 0.210. The van der Waals surface area contributed by atoms with Crippen molar-refractivity contribution in [3.05, 3.63) is 41.8 Å². The molecule has 3 aromatic rings. The van der Waals surface area contributed by atoms with E-state index in [1.165, 1.54) is 18.2 Å². The molecule has 4 rings (SSSR count). The number of hydrogen-bond donors (Lipinski definition) is 0. The first-order chi connectivity index (χ1) is 12.7. The van der Waals surface area contributed by atoms with Gasteiger partial charge in [-0.1, -0.05) is 43.0 Å². The summed E-state index contributed by atoms with van der Waals surface area (Å²) in [5.41, 5.74) is 0.924. The van der Waals surface area contributed by atoms with Crippen LogP contribution in [0.1, 0.15) is 19.8 Å². The Morgan fingerprint density at radius 3 is 2.96 bits per heavy atom. The fourth-order valence-corrected chi connectivity index (χ4v) is 4.89. The molecule has 0 spiro atoms. The third-order valence-electron chi connectivity index (χ3n) is 4.65. The van der Waals surface area contributed by atoms with E-state index in [0.717, 1.165) is 46.1 Å². The minimum atomic E-state index is 0.210. The highest BCUT2D eigenvalue weighted by atomic mass is 32.2. The van der Waals surface area contributed by atoms with Crippen LogP contribution in [0.2, 0.25) is 0 Å². The standard InChI is InChI=1S/C20H21N3OS2/c1-14-6-4-10-23(12-14)18(24)13-26-20-15-7-2-3-8-16(15)21-19(22-20)17-9-5-11-25-17/h2-3,5,7-9,11,14H,4,6,10,12-13H2,1H3/t14-/m1/s1. The van der Waals surface area contributed by atoms with Gasteiger partial charge in [-0.25, -0.2) is 9.97 Å². The lowest BCUT2D eigenvalue weighted by Gasteiger charge is -2.30. The smallest absolute Gasteiger partial charge is 0.232 e. The molecule has 134 valence electrons. The fraction of sp³-hybridized carbons (Fsp3) is 0.350. The van der Waals surface area contributed by atoms with Crippen LogP contribution in [0.4, 0.5) is 0 Å². The van der Waals surface area contributed by atoms with E-state index in [9.17, 15) is 4.79 Å². The number of carbonyl (C=O) groups excluding carboxylic acids is 1. The number of hydrogen-bond acceptors (Lipinski definition) is 5. The van der Waals surface area contributed by atoms with Crippen LogP contribution >= 0.6 is 23.1 Å². The Labute approximate surface area is 161 Å². The van der Waals surface area contributed by atoms with E-state index in [-0.39, 0.29) is 5.91 Å². The Balaban J connectivity index is 1.58. The highest BCUT2D eigenvalue weighted by molar-refractivity contribution is 8.00. The quantitative estimate of drug-likeness (QED) is 0.483. The molecule has 3 heterocycles. The van der Waals surface area contributed by atoms with E-state index in [1.54, 1.807) is 11.3 Å². The molecule has 4 nitrogen and oxygen atoms in total. The molecule has 0 radical (unpaired) electrons. The van der Waals surface area contributed by atoms with Crippen LogP contribution in [0.3, 0.4) is 0 Å². The molecule has 6 heteroatoms. The normalized spacial score (nSPS) is 17.6. The van der Waals surface area contributed by atoms with Crippen LogP contribution < -0.4 is 0 Å². The minimum Gasteiger partial charge on any atom is -0.342 e. The zero-order chi connectivity index (χ0) is 17.9. The monoisotopic (exact) mass is 383 g/mol. The topological polar surface area (TPSA) is 46.1 Å². The van der Waals surface area contributed by atoms with Crippen molar-refractivity contribution in [3.63, 3.8) is 0 Å². The van der Waals surface area contributed by atoms with Crippen molar-refractivity contribution in [3.8, 4) is 10.7 Å². The average molecular weight is 384 g/mol. The number of thioether (sulfide) groups is 1. The Hall–Kier alpha value is -1.92. The number of carbonyl (C=O) groups is 1. The maximum absolute atomic E-state index is 12.6. The van der Waals surface area contributed by atoms with E-state index in [1.807, 2.05) is 46.7 Å². The predicted molar refractivity (Wildman–Crippen MR) is 109 cm³/mol. The summed E-state index contributed by atoms with van der Waals surface area (Å²) in [7, 11) is 0. The summed E-state index contributed by atoms with van der Waals surface area (Å²) >= 11 is 3.16. The van der Waals surface area contributed by atoms with Crippen molar-refractivity contribution >= 4 is 39.9 Å². The number of aromatic nitrogens is 2. The van der Waals surface area contributed by atoms with Gasteiger partial charge in [0, 0.05) is 18.5 Å². The van der Waals surface area contributed by atoms with E-state index in [0.29, 0.717) is 11.7 Å². The maximum atomic E-state index is 12.6. The number of thiophene rings is 1. The van der Waals surface area contributed by atoms with Crippen molar-refractivity contribution in [1.29, 1.82) is 0 Å². The molecule has 0 N–H and O–H groups in total. The van der Waals surface area contributed by atoms with Crippen molar-refractivity contribution < 1.29 is 4.79 Å². The second-order valence-electron chi connectivity index (χ2n) is 6.72. The third-order valence-corrected chi connectivity index (χ3v) is 6.49. The van der Waals surface area contributed by atoms with Gasteiger partial charge < -0.3 is 4.90 Å². The van der Waals surface area contributed by atoms with Crippen LogP contribution in [-0.4, -0.2) is 39.6 Å². The second-order valence-corrected chi connectivity index (χ2v) is 8.63. The highest BCUT2D eigenvalue weighted by Crippen LogP contribution is 2.30. The summed E-state index contributed by atoms with van der Waals surface area (Å²) in [4.78, 5) is 25.1. The first-order valence-electron chi connectivity index (χ1n) is 8.92. The van der Waals surface area contributed by atoms with E-state index >= 15 is 0 Å². The molecular formula is C20H21N3OS2. The van der Waals surface area contributed by atoms with Gasteiger partial charge in [0.15, 0.2) is 5.82 Å². The molecule has 1 saturated heterocycles. The van der Waals surface area contributed by atoms with Crippen molar-refractivity contribution in [2.75, 3.05) is 18.8 Å². The fourth-order valence-electron chi connectivity index (χ4n) is 3.31. The van der Waals surface area contributed by atoms with Crippen LogP contribution in [0, 0.1) is 5.92 Å². The summed E-state index contributed by atoms with van der Waals surface area (Å²) in [6.07, 6.45) is 2.33. The molecule has 1 fully saturated rings. The summed E-state index contributed by atoms with van der Waals surface area (Å²) in [5, 5.41) is 3.93. The Kier molecular flexibility index (Phi) is 5.22. The zero-order valence-electron chi connectivity index (χ0n) is 14.7. The molecule has 1 atom stereocenters. The van der Waals surface area contributed by atoms with Gasteiger partial charge in [0.05, 0.1) is 16.1 Å². The number of benzene rings is 1.